The summed E-state index contributed by atoms with van der Waals surface area (Å²) in [5.41, 5.74) is 0. The molecule has 1 aromatic rings. The summed E-state index contributed by atoms with van der Waals surface area (Å²) >= 11 is 4.74. The van der Waals surface area contributed by atoms with Gasteiger partial charge in [-0.15, -0.1) is 11.3 Å². The summed E-state index contributed by atoms with van der Waals surface area (Å²) in [7, 11) is 0. The molecule has 1 atom stereocenters. The third-order valence-corrected chi connectivity index (χ3v) is 4.96. The number of halogens is 1. The molecular formula is C14H20BrNO3S. The number of nitrogens with one attached hydrogen (secondary N) is 1. The van der Waals surface area contributed by atoms with Crippen LogP contribution < -0.4 is 5.32 Å². The predicted octanol–water partition coefficient (Wildman–Crippen LogP) is 3.91. The molecule has 0 fully saturated rings. The van der Waals surface area contributed by atoms with Crippen molar-refractivity contribution in [1.82, 2.24) is 5.32 Å². The first-order valence-corrected chi connectivity index (χ1v) is 8.44. The van der Waals surface area contributed by atoms with E-state index < -0.39 is 5.97 Å². The number of aliphatic carboxylic acids is 1. The highest BCUT2D eigenvalue weighted by Crippen LogP contribution is 2.22. The first-order chi connectivity index (χ1) is 9.54. The quantitative estimate of drug-likeness (QED) is 0.700. The molecule has 1 aromatic heterocycles. The van der Waals surface area contributed by atoms with Gasteiger partial charge >= 0.3 is 5.97 Å². The second-order valence-electron chi connectivity index (χ2n) is 4.73. The smallest absolute Gasteiger partial charge is 0.303 e. The summed E-state index contributed by atoms with van der Waals surface area (Å²) in [5.74, 6) is -0.457. The predicted molar refractivity (Wildman–Crippen MR) is 84.2 cm³/mol. The SMILES string of the molecule is CCCC(CCNC(=O)c1sccc1Br)CCC(=O)O. The van der Waals surface area contributed by atoms with Crippen molar-refractivity contribution in [2.75, 3.05) is 6.54 Å². The Labute approximate surface area is 131 Å². The van der Waals surface area contributed by atoms with E-state index in [1.165, 1.54) is 11.3 Å². The molecule has 0 bridgehead atoms. The van der Waals surface area contributed by atoms with E-state index in [9.17, 15) is 9.59 Å². The molecular weight excluding hydrogens is 342 g/mol. The fourth-order valence-electron chi connectivity index (χ4n) is 2.09. The second-order valence-corrected chi connectivity index (χ2v) is 6.50. The second kappa shape index (κ2) is 9.13. The molecule has 112 valence electrons. The van der Waals surface area contributed by atoms with Gasteiger partial charge < -0.3 is 10.4 Å². The minimum atomic E-state index is -0.752. The van der Waals surface area contributed by atoms with Gasteiger partial charge in [0.25, 0.3) is 5.91 Å². The first-order valence-electron chi connectivity index (χ1n) is 6.77. The molecule has 0 aromatic carbocycles. The fraction of sp³-hybridized carbons (Fsp3) is 0.571. The molecule has 0 saturated carbocycles. The lowest BCUT2D eigenvalue weighted by molar-refractivity contribution is -0.137. The van der Waals surface area contributed by atoms with Gasteiger partial charge in [0.05, 0.1) is 0 Å². The van der Waals surface area contributed by atoms with Crippen molar-refractivity contribution in [3.63, 3.8) is 0 Å². The van der Waals surface area contributed by atoms with Gasteiger partial charge in [-0.3, -0.25) is 9.59 Å². The maximum Gasteiger partial charge on any atom is 0.303 e. The molecule has 6 heteroatoms. The Hall–Kier alpha value is -0.880. The van der Waals surface area contributed by atoms with Crippen LogP contribution in [0.4, 0.5) is 0 Å². The lowest BCUT2D eigenvalue weighted by Gasteiger charge is -2.15. The molecule has 0 saturated heterocycles. The largest absolute Gasteiger partial charge is 0.481 e. The number of thiophene rings is 1. The molecule has 1 unspecified atom stereocenters. The maximum absolute atomic E-state index is 11.9. The monoisotopic (exact) mass is 361 g/mol. The summed E-state index contributed by atoms with van der Waals surface area (Å²) < 4.78 is 0.816. The van der Waals surface area contributed by atoms with Crippen LogP contribution in [0, 0.1) is 5.92 Å². The van der Waals surface area contributed by atoms with E-state index in [0.29, 0.717) is 23.8 Å². The van der Waals surface area contributed by atoms with Gasteiger partial charge in [-0.1, -0.05) is 19.8 Å². The van der Waals surface area contributed by atoms with Gasteiger partial charge in [0, 0.05) is 17.4 Å². The molecule has 0 aliphatic carbocycles. The van der Waals surface area contributed by atoms with Crippen LogP contribution in [0.5, 0.6) is 0 Å². The summed E-state index contributed by atoms with van der Waals surface area (Å²) in [4.78, 5) is 23.2. The van der Waals surface area contributed by atoms with Crippen LogP contribution in [0.15, 0.2) is 15.9 Å². The van der Waals surface area contributed by atoms with Gasteiger partial charge in [-0.25, -0.2) is 0 Å². The zero-order valence-corrected chi connectivity index (χ0v) is 13.9. The Morgan fingerprint density at radius 1 is 1.40 bits per heavy atom. The third kappa shape index (κ3) is 6.05. The lowest BCUT2D eigenvalue weighted by Crippen LogP contribution is -2.25. The van der Waals surface area contributed by atoms with E-state index in [4.69, 9.17) is 5.11 Å². The van der Waals surface area contributed by atoms with E-state index in [1.54, 1.807) is 0 Å². The van der Waals surface area contributed by atoms with Crippen molar-refractivity contribution in [2.24, 2.45) is 5.92 Å². The average Bonchev–Trinajstić information content (AvgIpc) is 2.82. The highest BCUT2D eigenvalue weighted by atomic mass is 79.9. The summed E-state index contributed by atoms with van der Waals surface area (Å²) in [6.07, 6.45) is 3.76. The number of carbonyl (C=O) groups excluding carboxylic acids is 1. The molecule has 4 nitrogen and oxygen atoms in total. The topological polar surface area (TPSA) is 66.4 Å². The Balaban J connectivity index is 2.34. The Kier molecular flexibility index (Phi) is 7.84. The van der Waals surface area contributed by atoms with Gasteiger partial charge in [-0.05, 0) is 46.1 Å². The van der Waals surface area contributed by atoms with E-state index >= 15 is 0 Å². The van der Waals surface area contributed by atoms with Crippen LogP contribution in [-0.4, -0.2) is 23.5 Å². The standard InChI is InChI=1S/C14H20BrNO3S/c1-2-3-10(4-5-12(17)18)6-8-16-14(19)13-11(15)7-9-20-13/h7,9-10H,2-6,8H2,1H3,(H,16,19)(H,17,18). The first kappa shape index (κ1) is 17.2. The van der Waals surface area contributed by atoms with E-state index in [1.807, 2.05) is 11.4 Å². The molecule has 0 aliphatic rings. The minimum Gasteiger partial charge on any atom is -0.481 e. The number of amides is 1. The van der Waals surface area contributed by atoms with Crippen LogP contribution in [0.3, 0.4) is 0 Å². The average molecular weight is 362 g/mol. The molecule has 20 heavy (non-hydrogen) atoms. The van der Waals surface area contributed by atoms with Crippen molar-refractivity contribution >= 4 is 39.1 Å². The zero-order chi connectivity index (χ0) is 15.0. The molecule has 0 radical (unpaired) electrons. The van der Waals surface area contributed by atoms with Crippen molar-refractivity contribution in [2.45, 2.75) is 39.0 Å². The lowest BCUT2D eigenvalue weighted by atomic mass is 9.94. The number of carboxylic acid groups (broad SMARTS) is 1. The van der Waals surface area contributed by atoms with Gasteiger partial charge in [0.15, 0.2) is 0 Å². The Morgan fingerprint density at radius 2 is 2.15 bits per heavy atom. The fourth-order valence-corrected chi connectivity index (χ4v) is 3.56. The van der Waals surface area contributed by atoms with Crippen LogP contribution in [0.25, 0.3) is 0 Å². The van der Waals surface area contributed by atoms with E-state index in [-0.39, 0.29) is 12.3 Å². The van der Waals surface area contributed by atoms with Gasteiger partial charge in [-0.2, -0.15) is 0 Å². The third-order valence-electron chi connectivity index (χ3n) is 3.12. The van der Waals surface area contributed by atoms with Gasteiger partial charge in [0.1, 0.15) is 4.88 Å². The van der Waals surface area contributed by atoms with Crippen LogP contribution in [0.1, 0.15) is 48.7 Å². The Bertz CT molecular complexity index is 447. The van der Waals surface area contributed by atoms with Crippen molar-refractivity contribution in [3.05, 3.63) is 20.8 Å². The molecule has 2 N–H and O–H groups in total. The van der Waals surface area contributed by atoms with Crippen LogP contribution >= 0.6 is 27.3 Å². The minimum absolute atomic E-state index is 0.0691. The van der Waals surface area contributed by atoms with E-state index in [2.05, 4.69) is 28.2 Å². The normalized spacial score (nSPS) is 12.1. The highest BCUT2D eigenvalue weighted by Gasteiger charge is 2.13. The molecule has 0 aliphatic heterocycles. The van der Waals surface area contributed by atoms with Crippen LogP contribution in [-0.2, 0) is 4.79 Å². The summed E-state index contributed by atoms with van der Waals surface area (Å²) in [5, 5.41) is 13.5. The zero-order valence-electron chi connectivity index (χ0n) is 11.5. The van der Waals surface area contributed by atoms with Crippen molar-refractivity contribution < 1.29 is 14.7 Å². The van der Waals surface area contributed by atoms with E-state index in [0.717, 1.165) is 23.7 Å². The molecule has 0 spiro atoms. The molecule has 1 heterocycles. The summed E-state index contributed by atoms with van der Waals surface area (Å²) in [6.45, 7) is 2.68. The maximum atomic E-state index is 11.9. The van der Waals surface area contributed by atoms with Crippen molar-refractivity contribution in [1.29, 1.82) is 0 Å². The van der Waals surface area contributed by atoms with Gasteiger partial charge in [0.2, 0.25) is 0 Å². The number of rotatable bonds is 9. The number of carbonyl (C=O) groups is 2. The summed E-state index contributed by atoms with van der Waals surface area (Å²) in [6, 6.07) is 1.85. The number of hydrogen-bond acceptors (Lipinski definition) is 3. The van der Waals surface area contributed by atoms with Crippen LogP contribution in [0.2, 0.25) is 0 Å². The number of carboxylic acids is 1. The highest BCUT2D eigenvalue weighted by molar-refractivity contribution is 9.10. The Morgan fingerprint density at radius 3 is 2.70 bits per heavy atom. The molecule has 1 rings (SSSR count). The molecule has 1 amide bonds. The van der Waals surface area contributed by atoms with Crippen molar-refractivity contribution in [3.8, 4) is 0 Å². The number of hydrogen-bond donors (Lipinski definition) is 2.